The lowest BCUT2D eigenvalue weighted by atomic mass is 10.2. The Morgan fingerprint density at radius 1 is 1.22 bits per heavy atom. The van der Waals surface area contributed by atoms with Crippen LogP contribution in [0.1, 0.15) is 50.0 Å². The summed E-state index contributed by atoms with van der Waals surface area (Å²) < 4.78 is 0. The van der Waals surface area contributed by atoms with Crippen molar-refractivity contribution < 1.29 is 4.79 Å². The van der Waals surface area contributed by atoms with Crippen LogP contribution in [0.15, 0.2) is 18.3 Å². The van der Waals surface area contributed by atoms with Crippen LogP contribution in [0.5, 0.6) is 0 Å². The van der Waals surface area contributed by atoms with Gasteiger partial charge in [-0.3, -0.25) is 9.78 Å². The van der Waals surface area contributed by atoms with Crippen LogP contribution in [-0.2, 0) is 0 Å². The Kier molecular flexibility index (Phi) is 6.84. The Hall–Kier alpha value is -1.58. The maximum Gasteiger partial charge on any atom is 0.269 e. The smallest absolute Gasteiger partial charge is 0.269 e. The highest BCUT2D eigenvalue weighted by molar-refractivity contribution is 5.93. The zero-order valence-electron chi connectivity index (χ0n) is 11.3. The van der Waals surface area contributed by atoms with Crippen molar-refractivity contribution in [1.82, 2.24) is 10.3 Å². The number of hydrogen-bond donors (Lipinski definition) is 2. The zero-order valence-corrected chi connectivity index (χ0v) is 11.3. The normalized spacial score (nSPS) is 10.1. The van der Waals surface area contributed by atoms with Crippen LogP contribution in [0.3, 0.4) is 0 Å². The molecule has 4 heteroatoms. The standard InChI is InChI=1S/C14H23N3O/c1-3-5-6-9-17-14(18)13-11-12(7-10-16-13)15-8-4-2/h7,10-11H,3-6,8-9H2,1-2H3,(H,15,16)(H,17,18). The Morgan fingerprint density at radius 2 is 2.06 bits per heavy atom. The summed E-state index contributed by atoms with van der Waals surface area (Å²) in [4.78, 5) is 15.9. The van der Waals surface area contributed by atoms with E-state index in [0.29, 0.717) is 5.69 Å². The van der Waals surface area contributed by atoms with Crippen LogP contribution in [0.2, 0.25) is 0 Å². The van der Waals surface area contributed by atoms with Gasteiger partial charge in [0.05, 0.1) is 0 Å². The summed E-state index contributed by atoms with van der Waals surface area (Å²) in [5.74, 6) is -0.0914. The molecule has 0 bridgehead atoms. The molecule has 0 fully saturated rings. The Labute approximate surface area is 109 Å². The second kappa shape index (κ2) is 8.50. The Balaban J connectivity index is 2.46. The summed E-state index contributed by atoms with van der Waals surface area (Å²) in [5, 5.41) is 6.13. The third-order valence-electron chi connectivity index (χ3n) is 2.64. The van der Waals surface area contributed by atoms with Gasteiger partial charge in [-0.05, 0) is 25.0 Å². The monoisotopic (exact) mass is 249 g/mol. The van der Waals surface area contributed by atoms with Crippen molar-refractivity contribution >= 4 is 11.6 Å². The van der Waals surface area contributed by atoms with Gasteiger partial charge < -0.3 is 10.6 Å². The molecule has 1 amide bonds. The molecule has 0 aliphatic rings. The number of carbonyl (C=O) groups excluding carboxylic acids is 1. The largest absolute Gasteiger partial charge is 0.385 e. The molecule has 0 unspecified atom stereocenters. The first-order valence-electron chi connectivity index (χ1n) is 6.76. The van der Waals surface area contributed by atoms with Crippen molar-refractivity contribution in [3.8, 4) is 0 Å². The molecule has 0 aliphatic heterocycles. The predicted octanol–water partition coefficient (Wildman–Crippen LogP) is 2.82. The third-order valence-corrected chi connectivity index (χ3v) is 2.64. The average Bonchev–Trinajstić information content (AvgIpc) is 2.41. The summed E-state index contributed by atoms with van der Waals surface area (Å²) in [5.41, 5.74) is 1.43. The number of unbranched alkanes of at least 4 members (excludes halogenated alkanes) is 2. The Morgan fingerprint density at radius 3 is 2.78 bits per heavy atom. The fraction of sp³-hybridized carbons (Fsp3) is 0.571. The van der Waals surface area contributed by atoms with Crippen molar-refractivity contribution in [1.29, 1.82) is 0 Å². The van der Waals surface area contributed by atoms with E-state index >= 15 is 0 Å². The van der Waals surface area contributed by atoms with Gasteiger partial charge in [0.1, 0.15) is 5.69 Å². The van der Waals surface area contributed by atoms with Gasteiger partial charge in [-0.2, -0.15) is 0 Å². The van der Waals surface area contributed by atoms with Crippen molar-refractivity contribution in [3.63, 3.8) is 0 Å². The van der Waals surface area contributed by atoms with Gasteiger partial charge in [-0.1, -0.05) is 26.7 Å². The first kappa shape index (κ1) is 14.5. The molecule has 18 heavy (non-hydrogen) atoms. The highest BCUT2D eigenvalue weighted by Gasteiger charge is 2.06. The number of hydrogen-bond acceptors (Lipinski definition) is 3. The van der Waals surface area contributed by atoms with Gasteiger partial charge in [0.2, 0.25) is 0 Å². The molecule has 0 saturated carbocycles. The number of aromatic nitrogens is 1. The molecule has 0 aliphatic carbocycles. The number of amides is 1. The summed E-state index contributed by atoms with van der Waals surface area (Å²) in [6.07, 6.45) is 6.05. The van der Waals surface area contributed by atoms with E-state index in [1.807, 2.05) is 6.07 Å². The first-order valence-corrected chi connectivity index (χ1v) is 6.76. The number of nitrogens with zero attached hydrogens (tertiary/aromatic N) is 1. The molecule has 1 heterocycles. The maximum absolute atomic E-state index is 11.8. The minimum Gasteiger partial charge on any atom is -0.385 e. The molecule has 0 radical (unpaired) electrons. The third kappa shape index (κ3) is 5.17. The van der Waals surface area contributed by atoms with Crippen LogP contribution in [-0.4, -0.2) is 24.0 Å². The zero-order chi connectivity index (χ0) is 13.2. The summed E-state index contributed by atoms with van der Waals surface area (Å²) in [6, 6.07) is 3.67. The number of anilines is 1. The van der Waals surface area contributed by atoms with Crippen LogP contribution in [0.4, 0.5) is 5.69 Å². The fourth-order valence-electron chi connectivity index (χ4n) is 1.60. The van der Waals surface area contributed by atoms with Gasteiger partial charge >= 0.3 is 0 Å². The van der Waals surface area contributed by atoms with E-state index in [9.17, 15) is 4.79 Å². The van der Waals surface area contributed by atoms with Gasteiger partial charge in [0.15, 0.2) is 0 Å². The molecule has 0 spiro atoms. The van der Waals surface area contributed by atoms with Crippen molar-refractivity contribution in [2.45, 2.75) is 39.5 Å². The van der Waals surface area contributed by atoms with Crippen LogP contribution < -0.4 is 10.6 Å². The molecule has 2 N–H and O–H groups in total. The molecule has 0 aromatic carbocycles. The lowest BCUT2D eigenvalue weighted by molar-refractivity contribution is 0.0948. The van der Waals surface area contributed by atoms with Crippen molar-refractivity contribution in [2.24, 2.45) is 0 Å². The number of pyridine rings is 1. The molecule has 1 rings (SSSR count). The highest BCUT2D eigenvalue weighted by Crippen LogP contribution is 2.07. The predicted molar refractivity (Wildman–Crippen MR) is 74.9 cm³/mol. The minimum atomic E-state index is -0.0914. The average molecular weight is 249 g/mol. The maximum atomic E-state index is 11.8. The second-order valence-electron chi connectivity index (χ2n) is 4.32. The topological polar surface area (TPSA) is 54.0 Å². The van der Waals surface area contributed by atoms with Crippen LogP contribution in [0.25, 0.3) is 0 Å². The lowest BCUT2D eigenvalue weighted by Gasteiger charge is -2.07. The van der Waals surface area contributed by atoms with E-state index in [1.54, 1.807) is 12.3 Å². The van der Waals surface area contributed by atoms with E-state index in [0.717, 1.165) is 44.5 Å². The molecule has 100 valence electrons. The van der Waals surface area contributed by atoms with E-state index in [2.05, 4.69) is 29.5 Å². The van der Waals surface area contributed by atoms with Crippen molar-refractivity contribution in [2.75, 3.05) is 18.4 Å². The molecular weight excluding hydrogens is 226 g/mol. The lowest BCUT2D eigenvalue weighted by Crippen LogP contribution is -2.25. The van der Waals surface area contributed by atoms with E-state index in [1.165, 1.54) is 0 Å². The quantitative estimate of drug-likeness (QED) is 0.697. The van der Waals surface area contributed by atoms with Gasteiger partial charge in [-0.15, -0.1) is 0 Å². The molecule has 0 atom stereocenters. The fourth-order valence-corrected chi connectivity index (χ4v) is 1.60. The van der Waals surface area contributed by atoms with Crippen molar-refractivity contribution in [3.05, 3.63) is 24.0 Å². The van der Waals surface area contributed by atoms with Gasteiger partial charge in [0.25, 0.3) is 5.91 Å². The molecule has 1 aromatic rings. The summed E-state index contributed by atoms with van der Waals surface area (Å²) >= 11 is 0. The number of carbonyl (C=O) groups is 1. The first-order chi connectivity index (χ1) is 8.77. The molecule has 4 nitrogen and oxygen atoms in total. The SMILES string of the molecule is CCCCCNC(=O)c1cc(NCCC)ccn1. The highest BCUT2D eigenvalue weighted by atomic mass is 16.1. The summed E-state index contributed by atoms with van der Waals surface area (Å²) in [6.45, 7) is 5.88. The van der Waals surface area contributed by atoms with Gasteiger partial charge in [0, 0.05) is 25.0 Å². The Bertz CT molecular complexity index is 366. The molecule has 0 saturated heterocycles. The number of rotatable bonds is 8. The summed E-state index contributed by atoms with van der Waals surface area (Å²) in [7, 11) is 0. The second-order valence-corrected chi connectivity index (χ2v) is 4.32. The van der Waals surface area contributed by atoms with Crippen LogP contribution in [0, 0.1) is 0 Å². The number of nitrogens with one attached hydrogen (secondary N) is 2. The molecule has 1 aromatic heterocycles. The van der Waals surface area contributed by atoms with E-state index in [-0.39, 0.29) is 5.91 Å². The van der Waals surface area contributed by atoms with Gasteiger partial charge in [-0.25, -0.2) is 0 Å². The van der Waals surface area contributed by atoms with E-state index in [4.69, 9.17) is 0 Å². The molecular formula is C14H23N3O. The van der Waals surface area contributed by atoms with Crippen LogP contribution >= 0.6 is 0 Å². The van der Waals surface area contributed by atoms with E-state index < -0.39 is 0 Å². The minimum absolute atomic E-state index is 0.0914.